The molecule has 1 aromatic heterocycles. The highest BCUT2D eigenvalue weighted by Gasteiger charge is 2.29. The molecule has 4 nitrogen and oxygen atoms in total. The maximum absolute atomic E-state index is 13.8. The van der Waals surface area contributed by atoms with Crippen molar-refractivity contribution in [1.82, 2.24) is 10.3 Å². The van der Waals surface area contributed by atoms with Gasteiger partial charge in [0.05, 0.1) is 11.1 Å². The summed E-state index contributed by atoms with van der Waals surface area (Å²) in [6.45, 7) is 12.1. The molecule has 0 saturated heterocycles. The van der Waals surface area contributed by atoms with Gasteiger partial charge in [-0.05, 0) is 62.1 Å². The summed E-state index contributed by atoms with van der Waals surface area (Å²) in [5.41, 5.74) is 7.45. The van der Waals surface area contributed by atoms with Crippen LogP contribution in [-0.4, -0.2) is 22.0 Å². The highest BCUT2D eigenvalue weighted by atomic mass is 19.1. The Kier molecular flexibility index (Phi) is 10.4. The zero-order valence-corrected chi connectivity index (χ0v) is 24.6. The van der Waals surface area contributed by atoms with Crippen LogP contribution in [0.1, 0.15) is 63.0 Å². The number of nitrogens with one attached hydrogen (secondary N) is 1. The Morgan fingerprint density at radius 3 is 1.93 bits per heavy atom. The largest absolute Gasteiger partial charge is 0.336 e. The first-order valence-electron chi connectivity index (χ1n) is 13.7. The lowest BCUT2D eigenvalue weighted by atomic mass is 9.88. The Morgan fingerprint density at radius 1 is 0.829 bits per heavy atom. The normalized spacial score (nSPS) is 13.4. The van der Waals surface area contributed by atoms with Crippen molar-refractivity contribution in [1.29, 1.82) is 0 Å². The summed E-state index contributed by atoms with van der Waals surface area (Å²) in [4.78, 5) is 16.9. The average Bonchev–Trinajstić information content (AvgIpc) is 2.96. The summed E-state index contributed by atoms with van der Waals surface area (Å²) in [7, 11) is 0. The van der Waals surface area contributed by atoms with Crippen LogP contribution in [0.25, 0.3) is 10.9 Å². The topological polar surface area (TPSA) is 68.0 Å². The van der Waals surface area contributed by atoms with Crippen molar-refractivity contribution in [2.24, 2.45) is 17.6 Å². The quantitative estimate of drug-likeness (QED) is 0.271. The molecule has 5 heteroatoms. The van der Waals surface area contributed by atoms with Crippen molar-refractivity contribution >= 4 is 16.8 Å². The summed E-state index contributed by atoms with van der Waals surface area (Å²) >= 11 is 0. The standard InChI is InChI=1S/C23H21FN2O.C13H17N/c1-16(2)23(3,13-12-17-8-5-4-6-9-17)26-22(27)19-14-18-10-7-11-20(24)21(18)25-15-19;1-11(2)13(3,14)10-9-12-7-5-4-6-8-12/h4-11,14-16H,1-3H3,(H,26,27);4-8,11H,14H2,1-3H3. The van der Waals surface area contributed by atoms with Gasteiger partial charge in [-0.15, -0.1) is 0 Å². The minimum absolute atomic E-state index is 0.0866. The van der Waals surface area contributed by atoms with E-state index < -0.39 is 16.9 Å². The number of nitrogens with two attached hydrogens (primary N) is 1. The number of fused-ring (bicyclic) bond motifs is 1. The second-order valence-electron chi connectivity index (χ2n) is 11.0. The van der Waals surface area contributed by atoms with E-state index in [4.69, 9.17) is 5.73 Å². The van der Waals surface area contributed by atoms with Crippen molar-refractivity contribution in [3.05, 3.63) is 114 Å². The van der Waals surface area contributed by atoms with Crippen LogP contribution < -0.4 is 11.1 Å². The summed E-state index contributed by atoms with van der Waals surface area (Å²) in [5, 5.41) is 3.60. The number of amides is 1. The molecule has 0 fully saturated rings. The van der Waals surface area contributed by atoms with Crippen LogP contribution in [0.4, 0.5) is 4.39 Å². The number of hydrogen-bond acceptors (Lipinski definition) is 3. The molecule has 4 rings (SSSR count). The van der Waals surface area contributed by atoms with Crippen LogP contribution in [0.2, 0.25) is 0 Å². The first kappa shape index (κ1) is 31.1. The minimum atomic E-state index is -0.718. The molecule has 0 bridgehead atoms. The molecule has 1 heterocycles. The van der Waals surface area contributed by atoms with Gasteiger partial charge < -0.3 is 11.1 Å². The first-order chi connectivity index (χ1) is 19.4. The number of carbonyl (C=O) groups excluding carboxylic acids is 1. The summed E-state index contributed by atoms with van der Waals surface area (Å²) < 4.78 is 13.8. The third-order valence-electron chi connectivity index (χ3n) is 7.14. The van der Waals surface area contributed by atoms with Crippen LogP contribution in [0, 0.1) is 41.3 Å². The lowest BCUT2D eigenvalue weighted by Gasteiger charge is -2.29. The lowest BCUT2D eigenvalue weighted by molar-refractivity contribution is 0.0908. The Balaban J connectivity index is 0.000000278. The SMILES string of the molecule is CC(C)C(C)(C#Cc1ccccc1)NC(=O)c1cnc2c(F)cccc2c1.CC(C)C(C)(N)C#Cc1ccccc1. The molecule has 0 saturated carbocycles. The van der Waals surface area contributed by atoms with Gasteiger partial charge in [0.2, 0.25) is 0 Å². The van der Waals surface area contributed by atoms with Crippen molar-refractivity contribution in [3.63, 3.8) is 0 Å². The molecule has 2 unspecified atom stereocenters. The number of halogens is 1. The van der Waals surface area contributed by atoms with E-state index in [-0.39, 0.29) is 17.3 Å². The van der Waals surface area contributed by atoms with E-state index in [9.17, 15) is 9.18 Å². The minimum Gasteiger partial charge on any atom is -0.336 e. The van der Waals surface area contributed by atoms with Crippen LogP contribution >= 0.6 is 0 Å². The third kappa shape index (κ3) is 8.77. The maximum atomic E-state index is 13.8. The van der Waals surface area contributed by atoms with Gasteiger partial charge >= 0.3 is 0 Å². The van der Waals surface area contributed by atoms with Crippen LogP contribution in [0.5, 0.6) is 0 Å². The molecule has 0 radical (unpaired) electrons. The van der Waals surface area contributed by atoms with Crippen LogP contribution in [0.3, 0.4) is 0 Å². The van der Waals surface area contributed by atoms with Crippen molar-refractivity contribution < 1.29 is 9.18 Å². The van der Waals surface area contributed by atoms with E-state index in [1.807, 2.05) is 88.4 Å². The van der Waals surface area contributed by atoms with Gasteiger partial charge in [-0.3, -0.25) is 9.78 Å². The van der Waals surface area contributed by atoms with E-state index in [0.717, 1.165) is 11.1 Å². The van der Waals surface area contributed by atoms with E-state index in [2.05, 4.69) is 47.8 Å². The van der Waals surface area contributed by atoms with Crippen molar-refractivity contribution in [2.75, 3.05) is 0 Å². The zero-order valence-electron chi connectivity index (χ0n) is 24.6. The van der Waals surface area contributed by atoms with Crippen LogP contribution in [-0.2, 0) is 0 Å². The van der Waals surface area contributed by atoms with Gasteiger partial charge in [-0.1, -0.05) is 99.9 Å². The number of benzene rings is 3. The van der Waals surface area contributed by atoms with E-state index >= 15 is 0 Å². The molecule has 3 aromatic carbocycles. The fraction of sp³-hybridized carbons (Fsp3) is 0.278. The fourth-order valence-electron chi connectivity index (χ4n) is 3.47. The van der Waals surface area contributed by atoms with Gasteiger partial charge in [-0.2, -0.15) is 0 Å². The molecule has 41 heavy (non-hydrogen) atoms. The number of aromatic nitrogens is 1. The summed E-state index contributed by atoms with van der Waals surface area (Å²) in [6.07, 6.45) is 1.39. The average molecular weight is 548 g/mol. The number of nitrogens with zero attached hydrogens (tertiary/aromatic N) is 1. The Hall–Kier alpha value is -4.45. The van der Waals surface area contributed by atoms with E-state index in [1.165, 1.54) is 12.3 Å². The third-order valence-corrected chi connectivity index (χ3v) is 7.14. The number of hydrogen-bond donors (Lipinski definition) is 2. The lowest BCUT2D eigenvalue weighted by Crippen LogP contribution is -2.49. The molecule has 0 spiro atoms. The summed E-state index contributed by atoms with van der Waals surface area (Å²) in [6, 6.07) is 25.9. The first-order valence-corrected chi connectivity index (χ1v) is 13.7. The fourth-order valence-corrected chi connectivity index (χ4v) is 3.47. The second-order valence-corrected chi connectivity index (χ2v) is 11.0. The zero-order chi connectivity index (χ0) is 30.0. The molecular weight excluding hydrogens is 509 g/mol. The molecular formula is C36H38FN3O. The highest BCUT2D eigenvalue weighted by Crippen LogP contribution is 2.20. The second kappa shape index (κ2) is 13.8. The van der Waals surface area contributed by atoms with Gasteiger partial charge in [0, 0.05) is 22.7 Å². The Labute approximate surface area is 243 Å². The predicted molar refractivity (Wildman–Crippen MR) is 166 cm³/mol. The van der Waals surface area contributed by atoms with Crippen molar-refractivity contribution in [3.8, 4) is 23.7 Å². The number of pyridine rings is 1. The van der Waals surface area contributed by atoms with Crippen LogP contribution in [0.15, 0.2) is 91.1 Å². The van der Waals surface area contributed by atoms with Gasteiger partial charge in [0.15, 0.2) is 0 Å². The smallest absolute Gasteiger partial charge is 0.254 e. The predicted octanol–water partition coefficient (Wildman–Crippen LogP) is 6.98. The van der Waals surface area contributed by atoms with Crippen molar-refractivity contribution in [2.45, 2.75) is 52.6 Å². The van der Waals surface area contributed by atoms with Gasteiger partial charge in [0.1, 0.15) is 16.9 Å². The molecule has 4 aromatic rings. The summed E-state index contributed by atoms with van der Waals surface area (Å²) in [5.74, 6) is 12.3. The van der Waals surface area contributed by atoms with Gasteiger partial charge in [-0.25, -0.2) is 4.39 Å². The molecule has 0 aliphatic carbocycles. The van der Waals surface area contributed by atoms with E-state index in [1.54, 1.807) is 18.2 Å². The van der Waals surface area contributed by atoms with Gasteiger partial charge in [0.25, 0.3) is 5.91 Å². The molecule has 2 atom stereocenters. The number of carbonyl (C=O) groups is 1. The maximum Gasteiger partial charge on any atom is 0.254 e. The molecule has 210 valence electrons. The number of rotatable bonds is 4. The Morgan fingerprint density at radius 2 is 1.39 bits per heavy atom. The van der Waals surface area contributed by atoms with E-state index in [0.29, 0.717) is 16.9 Å². The number of para-hydroxylation sites is 1. The molecule has 1 amide bonds. The molecule has 0 aliphatic rings. The molecule has 3 N–H and O–H groups in total. The Bertz CT molecular complexity index is 1590. The highest BCUT2D eigenvalue weighted by molar-refractivity contribution is 5.98. The monoisotopic (exact) mass is 547 g/mol. The molecule has 0 aliphatic heterocycles.